The summed E-state index contributed by atoms with van der Waals surface area (Å²) in [5, 5.41) is 0. The fraction of sp³-hybridized carbons (Fsp3) is 0.462. The molecule has 2 atom stereocenters. The normalized spacial score (nSPS) is 23.7. The molecule has 1 aliphatic rings. The van der Waals surface area contributed by atoms with Crippen molar-refractivity contribution in [2.75, 3.05) is 7.11 Å². The molecule has 2 unspecified atom stereocenters. The van der Waals surface area contributed by atoms with E-state index < -0.39 is 0 Å². The molecule has 1 aromatic rings. The van der Waals surface area contributed by atoms with Gasteiger partial charge < -0.3 is 4.74 Å². The minimum absolute atomic E-state index is 0.223. The van der Waals surface area contributed by atoms with Crippen molar-refractivity contribution in [3.63, 3.8) is 0 Å². The van der Waals surface area contributed by atoms with E-state index in [1.165, 1.54) is 0 Å². The standard InChI is InChI=1S/C13H16O2/c1-8-4-5-12(15-3)11(6-8)13(14)10-7-9(10)2/h4-6,9-10H,7H2,1-3H3. The average molecular weight is 204 g/mol. The lowest BCUT2D eigenvalue weighted by molar-refractivity contribution is 0.0959. The topological polar surface area (TPSA) is 26.3 Å². The van der Waals surface area contributed by atoms with Crippen molar-refractivity contribution in [1.82, 2.24) is 0 Å². The van der Waals surface area contributed by atoms with Crippen molar-refractivity contribution in [2.24, 2.45) is 11.8 Å². The third-order valence-corrected chi connectivity index (χ3v) is 3.07. The highest BCUT2D eigenvalue weighted by Crippen LogP contribution is 2.41. The Hall–Kier alpha value is -1.31. The minimum Gasteiger partial charge on any atom is -0.496 e. The summed E-state index contributed by atoms with van der Waals surface area (Å²) in [6.45, 7) is 4.11. The van der Waals surface area contributed by atoms with Gasteiger partial charge in [-0.25, -0.2) is 0 Å². The highest BCUT2D eigenvalue weighted by Gasteiger charge is 2.40. The smallest absolute Gasteiger partial charge is 0.169 e. The van der Waals surface area contributed by atoms with Gasteiger partial charge in [-0.15, -0.1) is 0 Å². The van der Waals surface area contributed by atoms with Crippen LogP contribution in [0.5, 0.6) is 5.75 Å². The molecule has 1 saturated carbocycles. The van der Waals surface area contributed by atoms with Crippen LogP contribution in [0.25, 0.3) is 0 Å². The number of hydrogen-bond acceptors (Lipinski definition) is 2. The third kappa shape index (κ3) is 1.89. The number of benzene rings is 1. The van der Waals surface area contributed by atoms with Gasteiger partial charge in [-0.3, -0.25) is 4.79 Å². The maximum absolute atomic E-state index is 12.1. The molecule has 2 rings (SSSR count). The van der Waals surface area contributed by atoms with Crippen LogP contribution < -0.4 is 4.74 Å². The van der Waals surface area contributed by atoms with E-state index in [0.29, 0.717) is 11.7 Å². The van der Waals surface area contributed by atoms with Gasteiger partial charge in [0, 0.05) is 5.92 Å². The van der Waals surface area contributed by atoms with Crippen molar-refractivity contribution >= 4 is 5.78 Å². The number of rotatable bonds is 3. The van der Waals surface area contributed by atoms with Crippen LogP contribution in [0, 0.1) is 18.8 Å². The number of carbonyl (C=O) groups is 1. The van der Waals surface area contributed by atoms with E-state index in [2.05, 4.69) is 6.92 Å². The SMILES string of the molecule is COc1ccc(C)cc1C(=O)C1CC1C. The maximum Gasteiger partial charge on any atom is 0.169 e. The first-order valence-electron chi connectivity index (χ1n) is 5.32. The van der Waals surface area contributed by atoms with Crippen molar-refractivity contribution in [3.8, 4) is 5.75 Å². The lowest BCUT2D eigenvalue weighted by Gasteiger charge is -2.08. The van der Waals surface area contributed by atoms with Crippen LogP contribution in [0.4, 0.5) is 0 Å². The highest BCUT2D eigenvalue weighted by molar-refractivity contribution is 6.02. The number of aryl methyl sites for hydroxylation is 1. The van der Waals surface area contributed by atoms with Gasteiger partial charge in [-0.2, -0.15) is 0 Å². The molecule has 1 fully saturated rings. The van der Waals surface area contributed by atoms with Gasteiger partial charge in [0.2, 0.25) is 0 Å². The summed E-state index contributed by atoms with van der Waals surface area (Å²) < 4.78 is 5.21. The monoisotopic (exact) mass is 204 g/mol. The van der Waals surface area contributed by atoms with Gasteiger partial charge >= 0.3 is 0 Å². The zero-order valence-electron chi connectivity index (χ0n) is 9.41. The first-order chi connectivity index (χ1) is 7.13. The largest absolute Gasteiger partial charge is 0.496 e. The summed E-state index contributed by atoms with van der Waals surface area (Å²) in [5.74, 6) is 1.70. The lowest BCUT2D eigenvalue weighted by atomic mass is 10.0. The number of Topliss-reactive ketones (excluding diaryl/α,β-unsaturated/α-hetero) is 1. The van der Waals surface area contributed by atoms with Crippen LogP contribution in [0.3, 0.4) is 0 Å². The zero-order valence-corrected chi connectivity index (χ0v) is 9.41. The molecular formula is C13H16O2. The Balaban J connectivity index is 2.33. The molecule has 15 heavy (non-hydrogen) atoms. The fourth-order valence-corrected chi connectivity index (χ4v) is 1.90. The Labute approximate surface area is 90.3 Å². The summed E-state index contributed by atoms with van der Waals surface area (Å²) in [7, 11) is 1.61. The molecule has 0 radical (unpaired) electrons. The van der Waals surface area contributed by atoms with Crippen LogP contribution in [-0.4, -0.2) is 12.9 Å². The summed E-state index contributed by atoms with van der Waals surface area (Å²) in [6, 6.07) is 5.76. The molecule has 0 heterocycles. The van der Waals surface area contributed by atoms with E-state index in [1.54, 1.807) is 7.11 Å². The first kappa shape index (κ1) is 10.2. The molecule has 0 aliphatic heterocycles. The minimum atomic E-state index is 0.223. The van der Waals surface area contributed by atoms with E-state index >= 15 is 0 Å². The number of carbonyl (C=O) groups excluding carboxylic acids is 1. The van der Waals surface area contributed by atoms with E-state index in [1.807, 2.05) is 25.1 Å². The lowest BCUT2D eigenvalue weighted by Crippen LogP contribution is -2.05. The molecular weight excluding hydrogens is 188 g/mol. The second kappa shape index (κ2) is 3.69. The van der Waals surface area contributed by atoms with Crippen molar-refractivity contribution in [3.05, 3.63) is 29.3 Å². The Morgan fingerprint density at radius 2 is 2.13 bits per heavy atom. The zero-order chi connectivity index (χ0) is 11.0. The van der Waals surface area contributed by atoms with Gasteiger partial charge in [0.15, 0.2) is 5.78 Å². The quantitative estimate of drug-likeness (QED) is 0.708. The van der Waals surface area contributed by atoms with Gasteiger partial charge in [-0.1, -0.05) is 18.6 Å². The second-order valence-corrected chi connectivity index (χ2v) is 4.39. The molecule has 2 nitrogen and oxygen atoms in total. The molecule has 1 aromatic carbocycles. The molecule has 0 N–H and O–H groups in total. The Kier molecular flexibility index (Phi) is 2.51. The second-order valence-electron chi connectivity index (χ2n) is 4.39. The molecule has 0 aromatic heterocycles. The Bertz CT molecular complexity index is 396. The molecule has 0 bridgehead atoms. The summed E-state index contributed by atoms with van der Waals surface area (Å²) >= 11 is 0. The third-order valence-electron chi connectivity index (χ3n) is 3.07. The summed E-state index contributed by atoms with van der Waals surface area (Å²) in [4.78, 5) is 12.1. The van der Waals surface area contributed by atoms with E-state index in [0.717, 1.165) is 17.5 Å². The molecule has 0 amide bonds. The van der Waals surface area contributed by atoms with Crippen LogP contribution in [0.15, 0.2) is 18.2 Å². The van der Waals surface area contributed by atoms with Gasteiger partial charge in [0.25, 0.3) is 0 Å². The Morgan fingerprint density at radius 1 is 1.47 bits per heavy atom. The van der Waals surface area contributed by atoms with Crippen LogP contribution in [-0.2, 0) is 0 Å². The van der Waals surface area contributed by atoms with Crippen LogP contribution in [0.2, 0.25) is 0 Å². The number of hydrogen-bond donors (Lipinski definition) is 0. The summed E-state index contributed by atoms with van der Waals surface area (Å²) in [6.07, 6.45) is 1.02. The van der Waals surface area contributed by atoms with Crippen LogP contribution in [0.1, 0.15) is 29.3 Å². The molecule has 0 saturated heterocycles. The van der Waals surface area contributed by atoms with Crippen molar-refractivity contribution in [2.45, 2.75) is 20.3 Å². The fourth-order valence-electron chi connectivity index (χ4n) is 1.90. The molecule has 2 heteroatoms. The van der Waals surface area contributed by atoms with E-state index in [9.17, 15) is 4.79 Å². The average Bonchev–Trinajstić information content (AvgIpc) is 2.94. The Morgan fingerprint density at radius 3 is 2.67 bits per heavy atom. The molecule has 1 aliphatic carbocycles. The van der Waals surface area contributed by atoms with Gasteiger partial charge in [0.1, 0.15) is 5.75 Å². The first-order valence-corrected chi connectivity index (χ1v) is 5.32. The van der Waals surface area contributed by atoms with Crippen molar-refractivity contribution < 1.29 is 9.53 Å². The van der Waals surface area contributed by atoms with Crippen LogP contribution >= 0.6 is 0 Å². The van der Waals surface area contributed by atoms with E-state index in [4.69, 9.17) is 4.74 Å². The summed E-state index contributed by atoms with van der Waals surface area (Å²) in [5.41, 5.74) is 1.85. The number of ketones is 1. The maximum atomic E-state index is 12.1. The molecule has 0 spiro atoms. The predicted octanol–water partition coefficient (Wildman–Crippen LogP) is 2.84. The van der Waals surface area contributed by atoms with Gasteiger partial charge in [0.05, 0.1) is 12.7 Å². The van der Waals surface area contributed by atoms with Crippen molar-refractivity contribution in [1.29, 1.82) is 0 Å². The van der Waals surface area contributed by atoms with E-state index in [-0.39, 0.29) is 11.7 Å². The van der Waals surface area contributed by atoms with Gasteiger partial charge in [-0.05, 0) is 31.4 Å². The highest BCUT2D eigenvalue weighted by atomic mass is 16.5. The number of ether oxygens (including phenoxy) is 1. The molecule has 80 valence electrons. The number of methoxy groups -OCH3 is 1. The predicted molar refractivity (Wildman–Crippen MR) is 59.3 cm³/mol.